The van der Waals surface area contributed by atoms with Crippen LogP contribution in [-0.2, 0) is 5.88 Å². The topological polar surface area (TPSA) is 38.3 Å². The molecule has 19 heavy (non-hydrogen) atoms. The first-order valence-corrected chi connectivity index (χ1v) is 6.36. The Balaban J connectivity index is 2.11. The van der Waals surface area contributed by atoms with Crippen molar-refractivity contribution in [3.8, 4) is 5.75 Å². The van der Waals surface area contributed by atoms with E-state index in [0.717, 1.165) is 17.0 Å². The van der Waals surface area contributed by atoms with Crippen molar-refractivity contribution in [2.24, 2.45) is 0 Å². The number of carbonyl (C=O) groups excluding carboxylic acids is 1. The molecule has 3 nitrogen and oxygen atoms in total. The maximum Gasteiger partial charge on any atom is 0.255 e. The van der Waals surface area contributed by atoms with Crippen LogP contribution in [0.1, 0.15) is 15.9 Å². The van der Waals surface area contributed by atoms with Crippen LogP contribution in [-0.4, -0.2) is 13.0 Å². The summed E-state index contributed by atoms with van der Waals surface area (Å²) in [6.07, 6.45) is 0. The van der Waals surface area contributed by atoms with E-state index in [9.17, 15) is 4.79 Å². The third kappa shape index (κ3) is 3.48. The molecule has 0 fully saturated rings. The second-order valence-corrected chi connectivity index (χ2v) is 4.28. The molecule has 0 atom stereocenters. The lowest BCUT2D eigenvalue weighted by molar-refractivity contribution is 0.102. The average molecular weight is 276 g/mol. The van der Waals surface area contributed by atoms with Gasteiger partial charge in [-0.05, 0) is 42.0 Å². The fraction of sp³-hybridized carbons (Fsp3) is 0.133. The Kier molecular flexibility index (Phi) is 4.42. The first-order valence-electron chi connectivity index (χ1n) is 5.83. The molecule has 0 aliphatic heterocycles. The minimum absolute atomic E-state index is 0.155. The number of alkyl halides is 1. The Hall–Kier alpha value is -2.00. The Bertz CT molecular complexity index is 567. The lowest BCUT2D eigenvalue weighted by atomic mass is 10.1. The molecule has 0 radical (unpaired) electrons. The minimum Gasteiger partial charge on any atom is -0.497 e. The Morgan fingerprint density at radius 2 is 1.95 bits per heavy atom. The lowest BCUT2D eigenvalue weighted by Gasteiger charge is -2.07. The summed E-state index contributed by atoms with van der Waals surface area (Å²) in [6, 6.07) is 14.4. The van der Waals surface area contributed by atoms with E-state index in [4.69, 9.17) is 16.3 Å². The van der Waals surface area contributed by atoms with E-state index in [1.807, 2.05) is 12.1 Å². The number of nitrogens with one attached hydrogen (secondary N) is 1. The van der Waals surface area contributed by atoms with Crippen molar-refractivity contribution in [1.29, 1.82) is 0 Å². The van der Waals surface area contributed by atoms with Crippen LogP contribution in [0.4, 0.5) is 5.69 Å². The van der Waals surface area contributed by atoms with E-state index in [-0.39, 0.29) is 5.91 Å². The number of halogens is 1. The average Bonchev–Trinajstić information content (AvgIpc) is 2.48. The summed E-state index contributed by atoms with van der Waals surface area (Å²) in [6.45, 7) is 0. The van der Waals surface area contributed by atoms with Gasteiger partial charge >= 0.3 is 0 Å². The van der Waals surface area contributed by atoms with Crippen LogP contribution in [0.2, 0.25) is 0 Å². The van der Waals surface area contributed by atoms with Gasteiger partial charge < -0.3 is 10.1 Å². The molecule has 0 bridgehead atoms. The molecule has 1 amide bonds. The van der Waals surface area contributed by atoms with Gasteiger partial charge in [0.2, 0.25) is 0 Å². The van der Waals surface area contributed by atoms with Crippen LogP contribution < -0.4 is 10.1 Å². The highest BCUT2D eigenvalue weighted by molar-refractivity contribution is 6.17. The number of amides is 1. The van der Waals surface area contributed by atoms with Gasteiger partial charge in [-0.2, -0.15) is 0 Å². The smallest absolute Gasteiger partial charge is 0.255 e. The number of methoxy groups -OCH3 is 1. The quantitative estimate of drug-likeness (QED) is 0.865. The van der Waals surface area contributed by atoms with E-state index in [1.54, 1.807) is 43.5 Å². The van der Waals surface area contributed by atoms with Gasteiger partial charge in [0.25, 0.3) is 5.91 Å². The van der Waals surface area contributed by atoms with Crippen molar-refractivity contribution in [3.05, 3.63) is 59.7 Å². The molecule has 0 heterocycles. The van der Waals surface area contributed by atoms with Gasteiger partial charge in [-0.1, -0.05) is 12.1 Å². The maximum atomic E-state index is 12.1. The zero-order valence-corrected chi connectivity index (χ0v) is 11.3. The lowest BCUT2D eigenvalue weighted by Crippen LogP contribution is -2.11. The van der Waals surface area contributed by atoms with Crippen molar-refractivity contribution >= 4 is 23.2 Å². The fourth-order valence-electron chi connectivity index (χ4n) is 1.67. The second-order valence-electron chi connectivity index (χ2n) is 4.02. The molecule has 4 heteroatoms. The number of benzene rings is 2. The van der Waals surface area contributed by atoms with Crippen molar-refractivity contribution < 1.29 is 9.53 Å². The number of ether oxygens (including phenoxy) is 1. The first kappa shape index (κ1) is 13.4. The predicted octanol–water partition coefficient (Wildman–Crippen LogP) is 3.69. The van der Waals surface area contributed by atoms with Gasteiger partial charge in [0, 0.05) is 17.1 Å². The van der Waals surface area contributed by atoms with Crippen LogP contribution in [0.3, 0.4) is 0 Å². The van der Waals surface area contributed by atoms with Gasteiger partial charge in [0.1, 0.15) is 5.75 Å². The number of hydrogen-bond acceptors (Lipinski definition) is 2. The molecular formula is C15H14ClNO2. The van der Waals surface area contributed by atoms with Crippen molar-refractivity contribution in [3.63, 3.8) is 0 Å². The molecule has 2 aromatic carbocycles. The summed E-state index contributed by atoms with van der Waals surface area (Å²) in [5.74, 6) is 0.989. The van der Waals surface area contributed by atoms with Gasteiger partial charge in [-0.3, -0.25) is 4.79 Å². The molecule has 2 aromatic rings. The van der Waals surface area contributed by atoms with Crippen molar-refractivity contribution in [1.82, 2.24) is 0 Å². The SMILES string of the molecule is COc1ccc(NC(=O)c2cccc(CCl)c2)cc1. The van der Waals surface area contributed by atoms with Gasteiger partial charge in [-0.15, -0.1) is 11.6 Å². The first-order chi connectivity index (χ1) is 9.22. The van der Waals surface area contributed by atoms with Gasteiger partial charge in [0.15, 0.2) is 0 Å². The number of hydrogen-bond donors (Lipinski definition) is 1. The largest absolute Gasteiger partial charge is 0.497 e. The summed E-state index contributed by atoms with van der Waals surface area (Å²) >= 11 is 5.75. The molecule has 0 spiro atoms. The molecular weight excluding hydrogens is 262 g/mol. The van der Waals surface area contributed by atoms with Crippen LogP contribution in [0.5, 0.6) is 5.75 Å². The standard InChI is InChI=1S/C15H14ClNO2/c1-19-14-7-5-13(6-8-14)17-15(18)12-4-2-3-11(9-12)10-16/h2-9H,10H2,1H3,(H,17,18). The molecule has 0 aliphatic rings. The predicted molar refractivity (Wildman–Crippen MR) is 76.9 cm³/mol. The molecule has 0 aromatic heterocycles. The molecule has 1 N–H and O–H groups in total. The van der Waals surface area contributed by atoms with E-state index >= 15 is 0 Å². The Labute approximate surface area is 117 Å². The summed E-state index contributed by atoms with van der Waals surface area (Å²) < 4.78 is 5.06. The van der Waals surface area contributed by atoms with Crippen molar-refractivity contribution in [2.75, 3.05) is 12.4 Å². The molecule has 0 unspecified atom stereocenters. The molecule has 98 valence electrons. The Morgan fingerprint density at radius 1 is 1.21 bits per heavy atom. The van der Waals surface area contributed by atoms with Crippen LogP contribution in [0.25, 0.3) is 0 Å². The normalized spacial score (nSPS) is 10.0. The second kappa shape index (κ2) is 6.25. The third-order valence-corrected chi connectivity index (χ3v) is 3.00. The maximum absolute atomic E-state index is 12.1. The van der Waals surface area contributed by atoms with Crippen LogP contribution in [0, 0.1) is 0 Å². The van der Waals surface area contributed by atoms with Crippen molar-refractivity contribution in [2.45, 2.75) is 5.88 Å². The molecule has 2 rings (SSSR count). The third-order valence-electron chi connectivity index (χ3n) is 2.69. The summed E-state index contributed by atoms with van der Waals surface area (Å²) in [7, 11) is 1.60. The molecule has 0 saturated carbocycles. The molecule has 0 aliphatic carbocycles. The highest BCUT2D eigenvalue weighted by Crippen LogP contribution is 2.16. The Morgan fingerprint density at radius 3 is 2.58 bits per heavy atom. The highest BCUT2D eigenvalue weighted by Gasteiger charge is 2.06. The number of rotatable bonds is 4. The van der Waals surface area contributed by atoms with E-state index < -0.39 is 0 Å². The highest BCUT2D eigenvalue weighted by atomic mass is 35.5. The van der Waals surface area contributed by atoms with Crippen LogP contribution >= 0.6 is 11.6 Å². The minimum atomic E-state index is -0.155. The van der Waals surface area contributed by atoms with Gasteiger partial charge in [-0.25, -0.2) is 0 Å². The number of carbonyl (C=O) groups is 1. The van der Waals surface area contributed by atoms with Gasteiger partial charge in [0.05, 0.1) is 7.11 Å². The van der Waals surface area contributed by atoms with E-state index in [0.29, 0.717) is 11.4 Å². The fourth-order valence-corrected chi connectivity index (χ4v) is 1.84. The van der Waals surface area contributed by atoms with E-state index in [1.165, 1.54) is 0 Å². The zero-order chi connectivity index (χ0) is 13.7. The van der Waals surface area contributed by atoms with Crippen LogP contribution in [0.15, 0.2) is 48.5 Å². The zero-order valence-electron chi connectivity index (χ0n) is 10.5. The summed E-state index contributed by atoms with van der Waals surface area (Å²) in [5, 5.41) is 2.82. The monoisotopic (exact) mass is 275 g/mol. The molecule has 0 saturated heterocycles. The summed E-state index contributed by atoms with van der Waals surface area (Å²) in [4.78, 5) is 12.1. The van der Waals surface area contributed by atoms with E-state index in [2.05, 4.69) is 5.32 Å². The summed E-state index contributed by atoms with van der Waals surface area (Å²) in [5.41, 5.74) is 2.24. The number of anilines is 1.